The fourth-order valence-electron chi connectivity index (χ4n) is 1.88. The van der Waals surface area contributed by atoms with Crippen molar-refractivity contribution in [3.8, 4) is 5.75 Å². The van der Waals surface area contributed by atoms with E-state index in [9.17, 15) is 4.79 Å². The van der Waals surface area contributed by atoms with E-state index in [4.69, 9.17) is 10.5 Å². The number of benzene rings is 1. The highest BCUT2D eigenvalue weighted by Crippen LogP contribution is 2.32. The third kappa shape index (κ3) is 4.05. The van der Waals surface area contributed by atoms with Crippen LogP contribution >= 0.6 is 0 Å². The molecule has 5 nitrogen and oxygen atoms in total. The van der Waals surface area contributed by atoms with E-state index in [0.717, 1.165) is 5.69 Å². The number of rotatable bonds is 7. The molecule has 0 radical (unpaired) electrons. The molecule has 1 rings (SSSR count). The van der Waals surface area contributed by atoms with Crippen molar-refractivity contribution in [3.05, 3.63) is 18.2 Å². The summed E-state index contributed by atoms with van der Waals surface area (Å²) in [6.07, 6.45) is 0. The van der Waals surface area contributed by atoms with Gasteiger partial charge in [-0.25, -0.2) is 0 Å². The van der Waals surface area contributed by atoms with Crippen molar-refractivity contribution in [2.24, 2.45) is 0 Å². The lowest BCUT2D eigenvalue weighted by atomic mass is 10.2. The summed E-state index contributed by atoms with van der Waals surface area (Å²) in [5.74, 6) is 0.653. The molecule has 5 heteroatoms. The fourth-order valence-corrected chi connectivity index (χ4v) is 1.88. The van der Waals surface area contributed by atoms with Crippen LogP contribution in [0.4, 0.5) is 11.4 Å². The third-order valence-electron chi connectivity index (χ3n) is 2.77. The van der Waals surface area contributed by atoms with Gasteiger partial charge >= 0.3 is 0 Å². The summed E-state index contributed by atoms with van der Waals surface area (Å²) in [5, 5.41) is 2.79. The predicted octanol–water partition coefficient (Wildman–Crippen LogP) is 1.63. The quantitative estimate of drug-likeness (QED) is 0.735. The summed E-state index contributed by atoms with van der Waals surface area (Å²) in [4.78, 5) is 13.6. The highest BCUT2D eigenvalue weighted by Gasteiger charge is 2.14. The predicted molar refractivity (Wildman–Crippen MR) is 78.6 cm³/mol. The molecule has 0 aliphatic heterocycles. The average Bonchev–Trinajstić information content (AvgIpc) is 2.39. The smallest absolute Gasteiger partial charge is 0.239 e. The molecule has 0 bridgehead atoms. The van der Waals surface area contributed by atoms with E-state index >= 15 is 0 Å². The minimum atomic E-state index is -0.00874. The fraction of sp³-hybridized carbons (Fsp3) is 0.500. The molecule has 0 saturated heterocycles. The summed E-state index contributed by atoms with van der Waals surface area (Å²) in [6.45, 7) is 8.00. The van der Waals surface area contributed by atoms with Crippen LogP contribution in [0.3, 0.4) is 0 Å². The van der Waals surface area contributed by atoms with Gasteiger partial charge in [-0.15, -0.1) is 0 Å². The lowest BCUT2D eigenvalue weighted by Crippen LogP contribution is -2.37. The molecule has 0 heterocycles. The SMILES string of the molecule is CCNC(=O)CN(CC)c1cccc(OCC)c1N. The zero-order valence-electron chi connectivity index (χ0n) is 11.9. The van der Waals surface area contributed by atoms with Crippen LogP contribution in [0.25, 0.3) is 0 Å². The van der Waals surface area contributed by atoms with Crippen molar-refractivity contribution in [2.45, 2.75) is 20.8 Å². The molecule has 1 amide bonds. The van der Waals surface area contributed by atoms with Gasteiger partial charge in [-0.3, -0.25) is 4.79 Å². The van der Waals surface area contributed by atoms with Crippen LogP contribution in [-0.4, -0.2) is 32.1 Å². The lowest BCUT2D eigenvalue weighted by Gasteiger charge is -2.24. The standard InChI is InChI=1S/C14H23N3O2/c1-4-16-13(18)10-17(5-2)11-8-7-9-12(14(11)15)19-6-3/h7-9H,4-6,10,15H2,1-3H3,(H,16,18). The van der Waals surface area contributed by atoms with E-state index in [1.165, 1.54) is 0 Å². The molecule has 0 aliphatic rings. The molecule has 0 fully saturated rings. The van der Waals surface area contributed by atoms with Gasteiger partial charge in [0.1, 0.15) is 5.75 Å². The average molecular weight is 265 g/mol. The maximum Gasteiger partial charge on any atom is 0.239 e. The van der Waals surface area contributed by atoms with Crippen molar-refractivity contribution in [1.29, 1.82) is 0 Å². The van der Waals surface area contributed by atoms with Gasteiger partial charge in [0, 0.05) is 13.1 Å². The van der Waals surface area contributed by atoms with Crippen molar-refractivity contribution in [3.63, 3.8) is 0 Å². The van der Waals surface area contributed by atoms with Crippen LogP contribution in [0, 0.1) is 0 Å². The zero-order chi connectivity index (χ0) is 14.3. The molecule has 19 heavy (non-hydrogen) atoms. The van der Waals surface area contributed by atoms with Crippen LogP contribution in [0.5, 0.6) is 5.75 Å². The van der Waals surface area contributed by atoms with Gasteiger partial charge in [0.05, 0.1) is 24.5 Å². The van der Waals surface area contributed by atoms with Gasteiger partial charge in [0.15, 0.2) is 0 Å². The monoisotopic (exact) mass is 265 g/mol. The summed E-state index contributed by atoms with van der Waals surface area (Å²) in [7, 11) is 0. The van der Waals surface area contributed by atoms with Gasteiger partial charge in [0.2, 0.25) is 5.91 Å². The normalized spacial score (nSPS) is 10.1. The molecule has 0 aliphatic carbocycles. The van der Waals surface area contributed by atoms with Gasteiger partial charge in [-0.1, -0.05) is 6.07 Å². The number of anilines is 2. The topological polar surface area (TPSA) is 67.6 Å². The summed E-state index contributed by atoms with van der Waals surface area (Å²) >= 11 is 0. The van der Waals surface area contributed by atoms with Crippen molar-refractivity contribution >= 4 is 17.3 Å². The molecular formula is C14H23N3O2. The number of carbonyl (C=O) groups excluding carboxylic acids is 1. The highest BCUT2D eigenvalue weighted by molar-refractivity contribution is 5.84. The molecule has 3 N–H and O–H groups in total. The molecule has 106 valence electrons. The van der Waals surface area contributed by atoms with E-state index in [2.05, 4.69) is 5.32 Å². The Morgan fingerprint density at radius 1 is 1.37 bits per heavy atom. The first-order chi connectivity index (χ1) is 9.13. The van der Waals surface area contributed by atoms with Crippen LogP contribution in [0.2, 0.25) is 0 Å². The molecular weight excluding hydrogens is 242 g/mol. The first-order valence-corrected chi connectivity index (χ1v) is 6.66. The Kier molecular flexibility index (Phi) is 5.99. The van der Waals surface area contributed by atoms with Gasteiger partial charge in [0.25, 0.3) is 0 Å². The molecule has 0 atom stereocenters. The first kappa shape index (κ1) is 15.1. The Balaban J connectivity index is 2.91. The van der Waals surface area contributed by atoms with Gasteiger partial charge in [-0.2, -0.15) is 0 Å². The van der Waals surface area contributed by atoms with Crippen molar-refractivity contribution < 1.29 is 9.53 Å². The maximum absolute atomic E-state index is 11.7. The number of nitrogens with two attached hydrogens (primary N) is 1. The molecule has 1 aromatic rings. The highest BCUT2D eigenvalue weighted by atomic mass is 16.5. The Bertz CT molecular complexity index is 421. The minimum absolute atomic E-state index is 0.00874. The number of nitrogens with zero attached hydrogens (tertiary/aromatic N) is 1. The Labute approximate surface area is 114 Å². The number of ether oxygens (including phenoxy) is 1. The summed E-state index contributed by atoms with van der Waals surface area (Å²) < 4.78 is 5.47. The zero-order valence-corrected chi connectivity index (χ0v) is 11.9. The Morgan fingerprint density at radius 2 is 2.11 bits per heavy atom. The largest absolute Gasteiger partial charge is 0.492 e. The Hall–Kier alpha value is -1.91. The molecule has 0 saturated carbocycles. The number of amides is 1. The number of likely N-dealkylation sites (N-methyl/N-ethyl adjacent to an activating group) is 2. The van der Waals surface area contributed by atoms with Gasteiger partial charge < -0.3 is 20.7 Å². The van der Waals surface area contributed by atoms with Crippen LogP contribution in [-0.2, 0) is 4.79 Å². The summed E-state index contributed by atoms with van der Waals surface area (Å²) in [6, 6.07) is 5.62. The van der Waals surface area contributed by atoms with Crippen LogP contribution < -0.4 is 20.7 Å². The van der Waals surface area contributed by atoms with E-state index < -0.39 is 0 Å². The lowest BCUT2D eigenvalue weighted by molar-refractivity contribution is -0.119. The number of hydrogen-bond donors (Lipinski definition) is 2. The summed E-state index contributed by atoms with van der Waals surface area (Å²) in [5.41, 5.74) is 7.51. The second-order valence-electron chi connectivity index (χ2n) is 4.09. The first-order valence-electron chi connectivity index (χ1n) is 6.66. The van der Waals surface area contributed by atoms with Crippen molar-refractivity contribution in [1.82, 2.24) is 5.32 Å². The van der Waals surface area contributed by atoms with E-state index in [0.29, 0.717) is 37.7 Å². The molecule has 0 spiro atoms. The third-order valence-corrected chi connectivity index (χ3v) is 2.77. The number of hydrogen-bond acceptors (Lipinski definition) is 4. The second-order valence-corrected chi connectivity index (χ2v) is 4.09. The second kappa shape index (κ2) is 7.51. The van der Waals surface area contributed by atoms with Crippen molar-refractivity contribution in [2.75, 3.05) is 36.9 Å². The van der Waals surface area contributed by atoms with Crippen LogP contribution in [0.1, 0.15) is 20.8 Å². The Morgan fingerprint density at radius 3 is 2.68 bits per heavy atom. The maximum atomic E-state index is 11.7. The van der Waals surface area contributed by atoms with E-state index in [1.54, 1.807) is 0 Å². The number of nitrogen functional groups attached to an aromatic ring is 1. The number of carbonyl (C=O) groups is 1. The molecule has 0 unspecified atom stereocenters. The van der Waals surface area contributed by atoms with Gasteiger partial charge in [-0.05, 0) is 32.9 Å². The van der Waals surface area contributed by atoms with E-state index in [1.807, 2.05) is 43.9 Å². The van der Waals surface area contributed by atoms with Crippen LogP contribution in [0.15, 0.2) is 18.2 Å². The minimum Gasteiger partial charge on any atom is -0.492 e. The number of para-hydroxylation sites is 1. The number of nitrogens with one attached hydrogen (secondary N) is 1. The molecule has 0 aromatic heterocycles. The molecule has 1 aromatic carbocycles. The van der Waals surface area contributed by atoms with E-state index in [-0.39, 0.29) is 5.91 Å².